The van der Waals surface area contributed by atoms with Gasteiger partial charge in [-0.15, -0.1) is 0 Å². The van der Waals surface area contributed by atoms with Gasteiger partial charge in [0.2, 0.25) is 0 Å². The average molecular weight is 233 g/mol. The minimum atomic E-state index is 0.733. The molecule has 0 radical (unpaired) electrons. The van der Waals surface area contributed by atoms with Gasteiger partial charge in [0.1, 0.15) is 0 Å². The zero-order valence-electron chi connectivity index (χ0n) is 11.8. The van der Waals surface area contributed by atoms with Crippen molar-refractivity contribution in [2.45, 2.75) is 40.0 Å². The fraction of sp³-hybridized carbons (Fsp3) is 0.625. The third-order valence-corrected chi connectivity index (χ3v) is 3.47. The fourth-order valence-electron chi connectivity index (χ4n) is 2.24. The molecule has 0 spiro atoms. The maximum absolute atomic E-state index is 3.30. The van der Waals surface area contributed by atoms with Crippen LogP contribution in [0, 0.1) is 11.8 Å². The monoisotopic (exact) mass is 233 g/mol. The molecule has 0 bridgehead atoms. The maximum Gasteiger partial charge on any atom is -0.00179 e. The van der Waals surface area contributed by atoms with E-state index < -0.39 is 0 Å². The first-order valence-electron chi connectivity index (χ1n) is 6.89. The second-order valence-corrected chi connectivity index (χ2v) is 5.33. The molecule has 1 unspecified atom stereocenters. The summed E-state index contributed by atoms with van der Waals surface area (Å²) in [4.78, 5) is 0. The zero-order valence-corrected chi connectivity index (χ0v) is 11.8. The summed E-state index contributed by atoms with van der Waals surface area (Å²) in [5, 5.41) is 3.30. The zero-order chi connectivity index (χ0) is 12.7. The van der Waals surface area contributed by atoms with Crippen molar-refractivity contribution in [3.8, 4) is 0 Å². The molecule has 0 amide bonds. The van der Waals surface area contributed by atoms with E-state index in [1.807, 2.05) is 7.05 Å². The Morgan fingerprint density at radius 1 is 1.06 bits per heavy atom. The van der Waals surface area contributed by atoms with E-state index in [1.54, 1.807) is 0 Å². The average Bonchev–Trinajstić information content (AvgIpc) is 2.31. The van der Waals surface area contributed by atoms with Crippen LogP contribution in [0.4, 0.5) is 0 Å². The highest BCUT2D eigenvalue weighted by Crippen LogP contribution is 2.17. The molecular formula is C16H27N. The lowest BCUT2D eigenvalue weighted by atomic mass is 9.89. The van der Waals surface area contributed by atoms with E-state index in [0.717, 1.165) is 18.4 Å². The Kier molecular flexibility index (Phi) is 6.28. The Balaban J connectivity index is 2.60. The van der Waals surface area contributed by atoms with Crippen molar-refractivity contribution in [3.63, 3.8) is 0 Å². The first kappa shape index (κ1) is 14.2. The Labute approximate surface area is 107 Å². The van der Waals surface area contributed by atoms with E-state index in [-0.39, 0.29) is 0 Å². The molecule has 1 aromatic carbocycles. The summed E-state index contributed by atoms with van der Waals surface area (Å²) in [6.07, 6.45) is 3.61. The summed E-state index contributed by atoms with van der Waals surface area (Å²) < 4.78 is 0. The second kappa shape index (κ2) is 7.50. The van der Waals surface area contributed by atoms with Crippen molar-refractivity contribution in [1.29, 1.82) is 0 Å². The lowest BCUT2D eigenvalue weighted by Crippen LogP contribution is -2.25. The molecule has 1 aromatic rings. The smallest absolute Gasteiger partial charge is 0.00179 e. The fourth-order valence-corrected chi connectivity index (χ4v) is 2.24. The van der Waals surface area contributed by atoms with Gasteiger partial charge in [-0.05, 0) is 49.4 Å². The molecule has 1 N–H and O–H groups in total. The van der Waals surface area contributed by atoms with Crippen molar-refractivity contribution >= 4 is 0 Å². The third-order valence-electron chi connectivity index (χ3n) is 3.47. The highest BCUT2D eigenvalue weighted by atomic mass is 14.8. The van der Waals surface area contributed by atoms with Gasteiger partial charge in [-0.2, -0.15) is 0 Å². The van der Waals surface area contributed by atoms with Crippen molar-refractivity contribution in [2.75, 3.05) is 13.6 Å². The second-order valence-electron chi connectivity index (χ2n) is 5.33. The van der Waals surface area contributed by atoms with E-state index in [4.69, 9.17) is 0 Å². The van der Waals surface area contributed by atoms with Gasteiger partial charge in [-0.25, -0.2) is 0 Å². The maximum atomic E-state index is 3.30. The van der Waals surface area contributed by atoms with Crippen LogP contribution in [0.15, 0.2) is 24.3 Å². The molecule has 0 saturated carbocycles. The molecule has 17 heavy (non-hydrogen) atoms. The van der Waals surface area contributed by atoms with Gasteiger partial charge in [0.15, 0.2) is 0 Å². The summed E-state index contributed by atoms with van der Waals surface area (Å²) in [6, 6.07) is 9.18. The van der Waals surface area contributed by atoms with Crippen molar-refractivity contribution in [3.05, 3.63) is 35.4 Å². The standard InChI is InChI=1S/C16H27N/c1-5-6-14-7-9-15(10-8-14)11-16(12-17-4)13(2)3/h7-10,13,16-17H,5-6,11-12H2,1-4H3. The predicted octanol–water partition coefficient (Wildman–Crippen LogP) is 3.67. The molecule has 1 rings (SSSR count). The molecule has 0 aliphatic heterocycles. The number of aryl methyl sites for hydroxylation is 1. The molecule has 1 atom stereocenters. The highest BCUT2D eigenvalue weighted by Gasteiger charge is 2.12. The van der Waals surface area contributed by atoms with Crippen LogP contribution in [0.5, 0.6) is 0 Å². The van der Waals surface area contributed by atoms with E-state index in [0.29, 0.717) is 0 Å². The molecule has 0 aliphatic rings. The summed E-state index contributed by atoms with van der Waals surface area (Å²) in [6.45, 7) is 7.96. The first-order chi connectivity index (χ1) is 8.17. The SMILES string of the molecule is CCCc1ccc(CC(CNC)C(C)C)cc1. The van der Waals surface area contributed by atoms with E-state index in [9.17, 15) is 0 Å². The summed E-state index contributed by atoms with van der Waals surface area (Å²) in [5.74, 6) is 1.47. The van der Waals surface area contributed by atoms with Crippen LogP contribution < -0.4 is 5.32 Å². The van der Waals surface area contributed by atoms with E-state index >= 15 is 0 Å². The summed E-state index contributed by atoms with van der Waals surface area (Å²) in [5.41, 5.74) is 2.93. The number of rotatable bonds is 7. The van der Waals surface area contributed by atoms with E-state index in [1.165, 1.54) is 30.4 Å². The lowest BCUT2D eigenvalue weighted by Gasteiger charge is -2.20. The van der Waals surface area contributed by atoms with Crippen LogP contribution in [0.3, 0.4) is 0 Å². The van der Waals surface area contributed by atoms with Crippen LogP contribution in [0.2, 0.25) is 0 Å². The lowest BCUT2D eigenvalue weighted by molar-refractivity contribution is 0.370. The van der Waals surface area contributed by atoms with Crippen molar-refractivity contribution in [2.24, 2.45) is 11.8 Å². The molecule has 0 fully saturated rings. The molecule has 1 heteroatoms. The normalized spacial score (nSPS) is 13.0. The molecule has 0 saturated heterocycles. The molecule has 1 nitrogen and oxygen atoms in total. The van der Waals surface area contributed by atoms with Gasteiger partial charge in [-0.1, -0.05) is 51.5 Å². The first-order valence-corrected chi connectivity index (χ1v) is 6.89. The third kappa shape index (κ3) is 4.91. The molecule has 96 valence electrons. The van der Waals surface area contributed by atoms with Crippen LogP contribution in [0.1, 0.15) is 38.3 Å². The molecule has 0 aromatic heterocycles. The van der Waals surface area contributed by atoms with Crippen LogP contribution in [0.25, 0.3) is 0 Å². The minimum Gasteiger partial charge on any atom is -0.319 e. The van der Waals surface area contributed by atoms with Gasteiger partial charge in [0.25, 0.3) is 0 Å². The Bertz CT molecular complexity index is 300. The summed E-state index contributed by atoms with van der Waals surface area (Å²) in [7, 11) is 2.04. The Morgan fingerprint density at radius 3 is 2.12 bits per heavy atom. The van der Waals surface area contributed by atoms with Gasteiger partial charge in [-0.3, -0.25) is 0 Å². The summed E-state index contributed by atoms with van der Waals surface area (Å²) >= 11 is 0. The Morgan fingerprint density at radius 2 is 1.65 bits per heavy atom. The number of nitrogens with one attached hydrogen (secondary N) is 1. The molecule has 0 aliphatic carbocycles. The predicted molar refractivity (Wildman–Crippen MR) is 76.4 cm³/mol. The number of benzene rings is 1. The van der Waals surface area contributed by atoms with Crippen LogP contribution in [-0.4, -0.2) is 13.6 Å². The van der Waals surface area contributed by atoms with Gasteiger partial charge >= 0.3 is 0 Å². The molecule has 0 heterocycles. The number of hydrogen-bond acceptors (Lipinski definition) is 1. The highest BCUT2D eigenvalue weighted by molar-refractivity contribution is 5.23. The minimum absolute atomic E-state index is 0.733. The van der Waals surface area contributed by atoms with Gasteiger partial charge in [0, 0.05) is 0 Å². The van der Waals surface area contributed by atoms with Gasteiger partial charge in [0.05, 0.1) is 0 Å². The van der Waals surface area contributed by atoms with Crippen molar-refractivity contribution in [1.82, 2.24) is 5.32 Å². The molecular weight excluding hydrogens is 206 g/mol. The van der Waals surface area contributed by atoms with E-state index in [2.05, 4.69) is 50.4 Å². The number of hydrogen-bond donors (Lipinski definition) is 1. The quantitative estimate of drug-likeness (QED) is 0.757. The topological polar surface area (TPSA) is 12.0 Å². The Hall–Kier alpha value is -0.820. The largest absolute Gasteiger partial charge is 0.319 e. The van der Waals surface area contributed by atoms with Gasteiger partial charge < -0.3 is 5.32 Å². The van der Waals surface area contributed by atoms with Crippen molar-refractivity contribution < 1.29 is 0 Å². The van der Waals surface area contributed by atoms with Crippen LogP contribution in [-0.2, 0) is 12.8 Å². The van der Waals surface area contributed by atoms with Crippen LogP contribution >= 0.6 is 0 Å².